The predicted molar refractivity (Wildman–Crippen MR) is 110 cm³/mol. The number of nitrogens with two attached hydrogens (primary N) is 1. The van der Waals surface area contributed by atoms with Crippen molar-refractivity contribution in [2.24, 2.45) is 15.8 Å². The molecular formula is C19H20ClF3N6O. The van der Waals surface area contributed by atoms with Crippen molar-refractivity contribution in [3.05, 3.63) is 46.7 Å². The van der Waals surface area contributed by atoms with Crippen LogP contribution in [0.2, 0.25) is 0 Å². The molecule has 30 heavy (non-hydrogen) atoms. The van der Waals surface area contributed by atoms with E-state index in [-0.39, 0.29) is 11.6 Å². The molecule has 0 radical (unpaired) electrons. The molecule has 1 atom stereocenters. The highest BCUT2D eigenvalue weighted by Gasteiger charge is 2.32. The molecule has 0 aromatic heterocycles. The molecule has 4 N–H and O–H groups in total. The van der Waals surface area contributed by atoms with Crippen molar-refractivity contribution in [1.82, 2.24) is 10.3 Å². The number of hydrogen-bond donors (Lipinski definition) is 3. The van der Waals surface area contributed by atoms with E-state index in [0.29, 0.717) is 24.1 Å². The number of hydrazone groups is 1. The van der Waals surface area contributed by atoms with Gasteiger partial charge in [0.15, 0.2) is 0 Å². The molecule has 2 aliphatic rings. The van der Waals surface area contributed by atoms with Crippen LogP contribution < -0.4 is 15.8 Å². The van der Waals surface area contributed by atoms with Gasteiger partial charge in [-0.3, -0.25) is 5.41 Å². The summed E-state index contributed by atoms with van der Waals surface area (Å²) in [6.45, 7) is 3.98. The number of halogens is 4. The summed E-state index contributed by atoms with van der Waals surface area (Å²) >= 11 is 5.72. The summed E-state index contributed by atoms with van der Waals surface area (Å²) in [5, 5.41) is 15.2. The standard InChI is InChI=1S/C19H20ClF3N6O/c1-3-14-13(8-26-9-27-14)12-5-4-11(19(21,22)23)7-15(12)30-16-6-10(2)17(24)29(28-16)18(20)25/h4-7,9,17,25H,3,8,24H2,1-2H3,(H,26,27). The van der Waals surface area contributed by atoms with E-state index in [4.69, 9.17) is 27.5 Å². The van der Waals surface area contributed by atoms with Crippen LogP contribution >= 0.6 is 11.6 Å². The van der Waals surface area contributed by atoms with Crippen LogP contribution in [0.4, 0.5) is 13.2 Å². The van der Waals surface area contributed by atoms with Gasteiger partial charge in [-0.25, -0.2) is 10.0 Å². The number of benzene rings is 1. The third-order valence-electron chi connectivity index (χ3n) is 4.61. The lowest BCUT2D eigenvalue weighted by molar-refractivity contribution is -0.137. The average molecular weight is 441 g/mol. The maximum absolute atomic E-state index is 13.3. The minimum atomic E-state index is -4.55. The molecule has 7 nitrogen and oxygen atoms in total. The van der Waals surface area contributed by atoms with E-state index in [1.54, 1.807) is 13.3 Å². The Morgan fingerprint density at radius 2 is 2.17 bits per heavy atom. The Morgan fingerprint density at radius 3 is 2.80 bits per heavy atom. The molecule has 11 heteroatoms. The zero-order valence-corrected chi connectivity index (χ0v) is 17.0. The zero-order chi connectivity index (χ0) is 22.1. The summed E-state index contributed by atoms with van der Waals surface area (Å²) in [6, 6.07) is 3.28. The van der Waals surface area contributed by atoms with Gasteiger partial charge in [0.05, 0.1) is 11.9 Å². The Kier molecular flexibility index (Phi) is 6.18. The number of nitrogens with one attached hydrogen (secondary N) is 2. The van der Waals surface area contributed by atoms with Gasteiger partial charge < -0.3 is 15.8 Å². The second kappa shape index (κ2) is 8.49. The third kappa shape index (κ3) is 4.49. The minimum absolute atomic E-state index is 0.0360. The highest BCUT2D eigenvalue weighted by Crippen LogP contribution is 2.37. The van der Waals surface area contributed by atoms with Gasteiger partial charge in [0.2, 0.25) is 11.2 Å². The number of alkyl halides is 3. The van der Waals surface area contributed by atoms with Gasteiger partial charge in [-0.2, -0.15) is 13.2 Å². The van der Waals surface area contributed by atoms with E-state index in [1.807, 2.05) is 6.92 Å². The molecule has 3 rings (SSSR count). The first-order chi connectivity index (χ1) is 14.1. The van der Waals surface area contributed by atoms with Gasteiger partial charge in [0.1, 0.15) is 11.9 Å². The lowest BCUT2D eigenvalue weighted by Gasteiger charge is -2.28. The van der Waals surface area contributed by atoms with E-state index in [0.717, 1.165) is 28.4 Å². The van der Waals surface area contributed by atoms with E-state index in [2.05, 4.69) is 15.4 Å². The lowest BCUT2D eigenvalue weighted by Crippen LogP contribution is -2.44. The number of aliphatic imine (C=N–C) groups is 1. The fourth-order valence-corrected chi connectivity index (χ4v) is 3.18. The van der Waals surface area contributed by atoms with Crippen molar-refractivity contribution in [3.8, 4) is 5.75 Å². The van der Waals surface area contributed by atoms with Gasteiger partial charge in [0.25, 0.3) is 0 Å². The number of hydrogen-bond acceptors (Lipinski definition) is 6. The van der Waals surface area contributed by atoms with E-state index < -0.39 is 23.2 Å². The molecule has 0 fully saturated rings. The van der Waals surface area contributed by atoms with Crippen LogP contribution in [0.25, 0.3) is 5.57 Å². The smallest absolute Gasteiger partial charge is 0.416 e. The zero-order valence-electron chi connectivity index (χ0n) is 16.2. The highest BCUT2D eigenvalue weighted by atomic mass is 35.5. The first-order valence-corrected chi connectivity index (χ1v) is 9.42. The number of allylic oxidation sites excluding steroid dienone is 1. The third-order valence-corrected chi connectivity index (χ3v) is 4.78. The minimum Gasteiger partial charge on any atom is -0.437 e. The van der Waals surface area contributed by atoms with Crippen molar-refractivity contribution in [1.29, 1.82) is 5.41 Å². The van der Waals surface area contributed by atoms with Crippen molar-refractivity contribution in [3.63, 3.8) is 0 Å². The van der Waals surface area contributed by atoms with Crippen LogP contribution in [0, 0.1) is 5.41 Å². The summed E-state index contributed by atoms with van der Waals surface area (Å²) in [4.78, 5) is 4.28. The quantitative estimate of drug-likeness (QED) is 0.377. The summed E-state index contributed by atoms with van der Waals surface area (Å²) in [5.41, 5.74) is 7.57. The van der Waals surface area contributed by atoms with Crippen molar-refractivity contribution in [2.75, 3.05) is 6.54 Å². The molecule has 160 valence electrons. The number of rotatable bonds is 3. The maximum atomic E-state index is 13.3. The van der Waals surface area contributed by atoms with E-state index in [1.165, 1.54) is 12.1 Å². The molecule has 1 unspecified atom stereocenters. The number of nitrogens with zero attached hydrogens (tertiary/aromatic N) is 3. The summed E-state index contributed by atoms with van der Waals surface area (Å²) < 4.78 is 45.8. The monoisotopic (exact) mass is 440 g/mol. The summed E-state index contributed by atoms with van der Waals surface area (Å²) in [6.07, 6.45) is -1.67. The molecule has 0 saturated carbocycles. The predicted octanol–water partition coefficient (Wildman–Crippen LogP) is 3.87. The summed E-state index contributed by atoms with van der Waals surface area (Å²) in [7, 11) is 0. The first-order valence-electron chi connectivity index (χ1n) is 9.05. The second-order valence-corrected chi connectivity index (χ2v) is 6.99. The lowest BCUT2D eigenvalue weighted by atomic mass is 9.98. The highest BCUT2D eigenvalue weighted by molar-refractivity contribution is 6.63. The van der Waals surface area contributed by atoms with E-state index >= 15 is 0 Å². The number of amidine groups is 1. The van der Waals surface area contributed by atoms with Crippen LogP contribution in [0.5, 0.6) is 5.75 Å². The first kappa shape index (κ1) is 21.8. The van der Waals surface area contributed by atoms with Crippen LogP contribution in [0.15, 0.2) is 45.6 Å². The largest absolute Gasteiger partial charge is 0.437 e. The Labute approximate surface area is 176 Å². The molecule has 1 aromatic rings. The molecule has 0 amide bonds. The van der Waals surface area contributed by atoms with Crippen LogP contribution in [0.1, 0.15) is 31.4 Å². The van der Waals surface area contributed by atoms with Crippen molar-refractivity contribution >= 4 is 34.7 Å². The SMILES string of the molecule is CCC1=C(c2ccc(C(F)(F)F)cc2OC2=NN(C(=N)Cl)C(N)C(C)=C2)CNC=N1. The summed E-state index contributed by atoms with van der Waals surface area (Å²) in [5.74, 6) is -0.0740. The van der Waals surface area contributed by atoms with Gasteiger partial charge >= 0.3 is 6.18 Å². The molecule has 0 aliphatic carbocycles. The Morgan fingerprint density at radius 1 is 1.43 bits per heavy atom. The molecule has 2 aliphatic heterocycles. The second-order valence-electron chi connectivity index (χ2n) is 6.64. The average Bonchev–Trinajstić information content (AvgIpc) is 2.69. The Bertz CT molecular complexity index is 983. The van der Waals surface area contributed by atoms with Gasteiger partial charge in [-0.1, -0.05) is 13.0 Å². The topological polar surface area (TPSA) is 99.1 Å². The molecular weight excluding hydrogens is 421 g/mol. The molecule has 0 spiro atoms. The Hall–Kier alpha value is -2.85. The fraction of sp³-hybridized carbons (Fsp3) is 0.316. The van der Waals surface area contributed by atoms with Gasteiger partial charge in [-0.05, 0) is 42.7 Å². The van der Waals surface area contributed by atoms with Crippen LogP contribution in [-0.2, 0) is 6.18 Å². The Balaban J connectivity index is 2.10. The van der Waals surface area contributed by atoms with Gasteiger partial charge in [-0.15, -0.1) is 5.10 Å². The normalized spacial score (nSPS) is 19.3. The van der Waals surface area contributed by atoms with Gasteiger partial charge in [0, 0.05) is 29.5 Å². The fourth-order valence-electron chi connectivity index (χ4n) is 3.04. The van der Waals surface area contributed by atoms with Crippen LogP contribution in [0.3, 0.4) is 0 Å². The van der Waals surface area contributed by atoms with Crippen LogP contribution in [-0.4, -0.2) is 35.3 Å². The molecule has 0 saturated heterocycles. The van der Waals surface area contributed by atoms with Crippen molar-refractivity contribution in [2.45, 2.75) is 32.6 Å². The molecule has 0 bridgehead atoms. The maximum Gasteiger partial charge on any atom is 0.416 e. The van der Waals surface area contributed by atoms with Crippen molar-refractivity contribution < 1.29 is 17.9 Å². The molecule has 2 heterocycles. The molecule has 1 aromatic carbocycles. The number of ether oxygens (including phenoxy) is 1. The van der Waals surface area contributed by atoms with E-state index in [9.17, 15) is 13.2 Å².